The summed E-state index contributed by atoms with van der Waals surface area (Å²) >= 11 is 0. The molecule has 6 nitrogen and oxygen atoms in total. The third-order valence-corrected chi connectivity index (χ3v) is 2.52. The van der Waals surface area contributed by atoms with Crippen LogP contribution < -0.4 is 0 Å². The lowest BCUT2D eigenvalue weighted by molar-refractivity contribution is -0.192. The Morgan fingerprint density at radius 1 is 1.17 bits per heavy atom. The lowest BCUT2D eigenvalue weighted by Gasteiger charge is -2.30. The second kappa shape index (κ2) is 7.10. The van der Waals surface area contributed by atoms with Crippen molar-refractivity contribution in [1.29, 1.82) is 0 Å². The van der Waals surface area contributed by atoms with Crippen molar-refractivity contribution in [3.63, 3.8) is 0 Å². The molecule has 0 rings (SSSR count). The van der Waals surface area contributed by atoms with Gasteiger partial charge in [0.25, 0.3) is 5.60 Å². The monoisotopic (exact) mass is 260 g/mol. The Balaban J connectivity index is 5.44. The normalized spacial score (nSPS) is 13.0. The number of rotatable bonds is 7. The molecule has 1 atom stereocenters. The van der Waals surface area contributed by atoms with Crippen LogP contribution in [0.1, 0.15) is 27.7 Å². The summed E-state index contributed by atoms with van der Waals surface area (Å²) in [5.41, 5.74) is -2.58. The number of carbonyl (C=O) groups excluding carboxylic acids is 3. The van der Waals surface area contributed by atoms with Crippen molar-refractivity contribution in [2.45, 2.75) is 33.3 Å². The minimum atomic E-state index is -2.58. The molecule has 0 fully saturated rings. The van der Waals surface area contributed by atoms with Gasteiger partial charge in [-0.05, 0) is 19.8 Å². The summed E-state index contributed by atoms with van der Waals surface area (Å²) in [5.74, 6) is -3.94. The molecule has 0 aliphatic rings. The number of ether oxygens (including phenoxy) is 2. The van der Waals surface area contributed by atoms with E-state index in [1.807, 2.05) is 0 Å². The van der Waals surface area contributed by atoms with Crippen LogP contribution in [0.4, 0.5) is 0 Å². The molecular formula is C12H20O6. The minimum absolute atomic E-state index is 0.00970. The third kappa shape index (κ3) is 3.29. The average molecular weight is 260 g/mol. The van der Waals surface area contributed by atoms with E-state index in [1.54, 1.807) is 13.8 Å². The molecule has 0 unspecified atom stereocenters. The summed E-state index contributed by atoms with van der Waals surface area (Å²) in [5, 5.41) is 10.3. The highest BCUT2D eigenvalue weighted by atomic mass is 16.6. The number of carbonyl (C=O) groups is 3. The topological polar surface area (TPSA) is 89.9 Å². The Kier molecular flexibility index (Phi) is 6.54. The van der Waals surface area contributed by atoms with Crippen LogP contribution in [0, 0.1) is 11.8 Å². The summed E-state index contributed by atoms with van der Waals surface area (Å²) in [7, 11) is 0. The minimum Gasteiger partial charge on any atom is -0.463 e. The molecule has 0 aromatic heterocycles. The van der Waals surface area contributed by atoms with Crippen molar-refractivity contribution < 1.29 is 29.0 Å². The van der Waals surface area contributed by atoms with Crippen LogP contribution in [-0.2, 0) is 23.9 Å². The van der Waals surface area contributed by atoms with Crippen LogP contribution in [0.25, 0.3) is 0 Å². The van der Waals surface area contributed by atoms with E-state index >= 15 is 0 Å². The summed E-state index contributed by atoms with van der Waals surface area (Å²) in [6.07, 6.45) is 0.374. The van der Waals surface area contributed by atoms with Gasteiger partial charge >= 0.3 is 11.9 Å². The standard InChI is InChI=1S/C12H20O6/c1-5-17-10(14)12(16,11(15)18-6-2)9(7-13)8(3)4/h7-9,16H,5-6H2,1-4H3/t9-/m0/s1. The van der Waals surface area contributed by atoms with Crippen LogP contribution in [0.2, 0.25) is 0 Å². The zero-order valence-electron chi connectivity index (χ0n) is 11.1. The van der Waals surface area contributed by atoms with Gasteiger partial charge in [0.15, 0.2) is 0 Å². The SMILES string of the molecule is CCOC(=O)C(O)(C(=O)OCC)[C@@H](C=O)C(C)C. The molecule has 0 amide bonds. The van der Waals surface area contributed by atoms with Crippen molar-refractivity contribution in [2.75, 3.05) is 13.2 Å². The molecule has 6 heteroatoms. The smallest absolute Gasteiger partial charge is 0.350 e. The summed E-state index contributed by atoms with van der Waals surface area (Å²) < 4.78 is 9.32. The zero-order valence-corrected chi connectivity index (χ0v) is 11.1. The lowest BCUT2D eigenvalue weighted by atomic mass is 9.80. The second-order valence-corrected chi connectivity index (χ2v) is 4.11. The van der Waals surface area contributed by atoms with Gasteiger partial charge in [0.2, 0.25) is 0 Å². The Labute approximate surface area is 106 Å². The van der Waals surface area contributed by atoms with Gasteiger partial charge in [0.1, 0.15) is 6.29 Å². The van der Waals surface area contributed by atoms with Crippen molar-refractivity contribution in [2.24, 2.45) is 11.8 Å². The van der Waals surface area contributed by atoms with Gasteiger partial charge < -0.3 is 19.4 Å². The van der Waals surface area contributed by atoms with Gasteiger partial charge in [-0.1, -0.05) is 13.8 Å². The van der Waals surface area contributed by atoms with Gasteiger partial charge in [-0.25, -0.2) is 9.59 Å². The highest BCUT2D eigenvalue weighted by Crippen LogP contribution is 2.26. The third-order valence-electron chi connectivity index (χ3n) is 2.52. The fraction of sp³-hybridized carbons (Fsp3) is 0.750. The second-order valence-electron chi connectivity index (χ2n) is 4.11. The molecule has 0 radical (unpaired) electrons. The van der Waals surface area contributed by atoms with E-state index in [4.69, 9.17) is 0 Å². The molecule has 1 N–H and O–H groups in total. The van der Waals surface area contributed by atoms with Crippen LogP contribution in [0.15, 0.2) is 0 Å². The number of aliphatic hydroxyl groups is 1. The van der Waals surface area contributed by atoms with Gasteiger partial charge in [0, 0.05) is 0 Å². The largest absolute Gasteiger partial charge is 0.463 e. The average Bonchev–Trinajstić information content (AvgIpc) is 2.29. The summed E-state index contributed by atoms with van der Waals surface area (Å²) in [6, 6.07) is 0. The predicted octanol–water partition coefficient (Wildman–Crippen LogP) is 0.315. The lowest BCUT2D eigenvalue weighted by Crippen LogP contribution is -2.56. The molecule has 0 aliphatic carbocycles. The molecule has 104 valence electrons. The predicted molar refractivity (Wildman–Crippen MR) is 62.6 cm³/mol. The van der Waals surface area contributed by atoms with Crippen molar-refractivity contribution >= 4 is 18.2 Å². The first-order chi connectivity index (χ1) is 8.35. The number of hydrogen-bond donors (Lipinski definition) is 1. The maximum absolute atomic E-state index is 11.8. The van der Waals surface area contributed by atoms with E-state index < -0.39 is 29.4 Å². The molecule has 0 saturated carbocycles. The molecule has 0 aliphatic heterocycles. The van der Waals surface area contributed by atoms with E-state index in [-0.39, 0.29) is 13.2 Å². The first-order valence-electron chi connectivity index (χ1n) is 5.88. The Hall–Kier alpha value is -1.43. The van der Waals surface area contributed by atoms with Gasteiger partial charge in [0.05, 0.1) is 19.1 Å². The molecule has 0 spiro atoms. The summed E-state index contributed by atoms with van der Waals surface area (Å²) in [6.45, 7) is 6.28. The number of aldehydes is 1. The van der Waals surface area contributed by atoms with E-state index in [9.17, 15) is 19.5 Å². The van der Waals surface area contributed by atoms with Crippen LogP contribution in [0.5, 0.6) is 0 Å². The van der Waals surface area contributed by atoms with Crippen molar-refractivity contribution in [3.8, 4) is 0 Å². The number of esters is 2. The van der Waals surface area contributed by atoms with E-state index in [2.05, 4.69) is 9.47 Å². The summed E-state index contributed by atoms with van der Waals surface area (Å²) in [4.78, 5) is 34.5. The van der Waals surface area contributed by atoms with Crippen LogP contribution >= 0.6 is 0 Å². The fourth-order valence-corrected chi connectivity index (χ4v) is 1.58. The van der Waals surface area contributed by atoms with E-state index in [0.717, 1.165) is 0 Å². The van der Waals surface area contributed by atoms with Crippen LogP contribution in [0.3, 0.4) is 0 Å². The maximum Gasteiger partial charge on any atom is 0.350 e. The van der Waals surface area contributed by atoms with Gasteiger partial charge in [-0.3, -0.25) is 0 Å². The Morgan fingerprint density at radius 3 is 1.78 bits per heavy atom. The number of hydrogen-bond acceptors (Lipinski definition) is 6. The first-order valence-corrected chi connectivity index (χ1v) is 5.88. The Bertz CT molecular complexity index is 292. The highest BCUT2D eigenvalue weighted by molar-refractivity contribution is 6.06. The quantitative estimate of drug-likeness (QED) is 0.402. The van der Waals surface area contributed by atoms with E-state index in [0.29, 0.717) is 6.29 Å². The van der Waals surface area contributed by atoms with Crippen molar-refractivity contribution in [1.82, 2.24) is 0 Å². The van der Waals surface area contributed by atoms with Gasteiger partial charge in [-0.15, -0.1) is 0 Å². The zero-order chi connectivity index (χ0) is 14.3. The highest BCUT2D eigenvalue weighted by Gasteiger charge is 2.54. The molecule has 0 aromatic carbocycles. The molecule has 0 aromatic rings. The Morgan fingerprint density at radius 2 is 1.56 bits per heavy atom. The molecular weight excluding hydrogens is 240 g/mol. The van der Waals surface area contributed by atoms with E-state index in [1.165, 1.54) is 13.8 Å². The fourth-order valence-electron chi connectivity index (χ4n) is 1.58. The first kappa shape index (κ1) is 16.6. The van der Waals surface area contributed by atoms with Crippen LogP contribution in [-0.4, -0.2) is 42.1 Å². The molecule has 18 heavy (non-hydrogen) atoms. The maximum atomic E-state index is 11.8. The molecule has 0 saturated heterocycles. The molecule has 0 heterocycles. The molecule has 0 bridgehead atoms. The van der Waals surface area contributed by atoms with Crippen molar-refractivity contribution in [3.05, 3.63) is 0 Å². The van der Waals surface area contributed by atoms with Gasteiger partial charge in [-0.2, -0.15) is 0 Å².